The van der Waals surface area contributed by atoms with E-state index in [2.05, 4.69) is 11.8 Å². The highest BCUT2D eigenvalue weighted by atomic mass is 35.5. The van der Waals surface area contributed by atoms with Gasteiger partial charge in [0.2, 0.25) is 0 Å². The SMILES string of the molecule is CCC1CCCCN1Cc1c(N)cccc1Cl. The van der Waals surface area contributed by atoms with Crippen molar-refractivity contribution in [3.05, 3.63) is 28.8 Å². The Morgan fingerprint density at radius 1 is 1.41 bits per heavy atom. The third-order valence-electron chi connectivity index (χ3n) is 3.74. The molecule has 17 heavy (non-hydrogen) atoms. The van der Waals surface area contributed by atoms with E-state index in [0.717, 1.165) is 22.8 Å². The fourth-order valence-corrected chi connectivity index (χ4v) is 2.92. The second-order valence-corrected chi connectivity index (χ2v) is 5.24. The zero-order valence-corrected chi connectivity index (χ0v) is 11.2. The quantitative estimate of drug-likeness (QED) is 0.832. The van der Waals surface area contributed by atoms with Crippen molar-refractivity contribution in [3.63, 3.8) is 0 Å². The number of likely N-dealkylation sites (tertiary alicyclic amines) is 1. The Kier molecular flexibility index (Phi) is 4.30. The first-order valence-corrected chi connectivity index (χ1v) is 6.87. The van der Waals surface area contributed by atoms with Crippen LogP contribution >= 0.6 is 11.6 Å². The molecule has 94 valence electrons. The van der Waals surface area contributed by atoms with E-state index in [9.17, 15) is 0 Å². The minimum Gasteiger partial charge on any atom is -0.398 e. The van der Waals surface area contributed by atoms with Gasteiger partial charge in [0.15, 0.2) is 0 Å². The molecule has 2 rings (SSSR count). The number of nitrogen functional groups attached to an aromatic ring is 1. The first-order chi connectivity index (χ1) is 8.22. The summed E-state index contributed by atoms with van der Waals surface area (Å²) in [7, 11) is 0. The van der Waals surface area contributed by atoms with E-state index in [1.54, 1.807) is 0 Å². The molecule has 0 aromatic heterocycles. The number of hydrogen-bond donors (Lipinski definition) is 1. The van der Waals surface area contributed by atoms with Gasteiger partial charge < -0.3 is 5.73 Å². The molecule has 1 aromatic rings. The lowest BCUT2D eigenvalue weighted by Crippen LogP contribution is -2.38. The summed E-state index contributed by atoms with van der Waals surface area (Å²) in [6.45, 7) is 4.33. The lowest BCUT2D eigenvalue weighted by Gasteiger charge is -2.35. The number of nitrogens with zero attached hydrogens (tertiary/aromatic N) is 1. The number of piperidine rings is 1. The van der Waals surface area contributed by atoms with Crippen molar-refractivity contribution in [2.75, 3.05) is 12.3 Å². The smallest absolute Gasteiger partial charge is 0.0471 e. The van der Waals surface area contributed by atoms with Crippen LogP contribution in [0.15, 0.2) is 18.2 Å². The van der Waals surface area contributed by atoms with E-state index in [1.165, 1.54) is 32.2 Å². The maximum absolute atomic E-state index is 6.23. The zero-order chi connectivity index (χ0) is 12.3. The number of halogens is 1. The molecule has 1 unspecified atom stereocenters. The minimum absolute atomic E-state index is 0.694. The fourth-order valence-electron chi connectivity index (χ4n) is 2.68. The van der Waals surface area contributed by atoms with Gasteiger partial charge in [-0.3, -0.25) is 4.90 Å². The van der Waals surface area contributed by atoms with E-state index in [-0.39, 0.29) is 0 Å². The van der Waals surface area contributed by atoms with Crippen LogP contribution in [0.2, 0.25) is 5.02 Å². The van der Waals surface area contributed by atoms with E-state index in [4.69, 9.17) is 17.3 Å². The van der Waals surface area contributed by atoms with Crippen molar-refractivity contribution < 1.29 is 0 Å². The first-order valence-electron chi connectivity index (χ1n) is 6.49. The molecule has 0 bridgehead atoms. The predicted molar refractivity (Wildman–Crippen MR) is 74.2 cm³/mol. The Hall–Kier alpha value is -0.730. The monoisotopic (exact) mass is 252 g/mol. The van der Waals surface area contributed by atoms with Gasteiger partial charge in [0.05, 0.1) is 0 Å². The maximum atomic E-state index is 6.23. The van der Waals surface area contributed by atoms with Crippen LogP contribution in [0.4, 0.5) is 5.69 Å². The Labute approximate surface area is 109 Å². The molecule has 0 spiro atoms. The molecule has 1 aliphatic rings. The van der Waals surface area contributed by atoms with Gasteiger partial charge in [-0.15, -0.1) is 0 Å². The molecule has 0 saturated carbocycles. The van der Waals surface area contributed by atoms with Gasteiger partial charge in [-0.1, -0.05) is 31.0 Å². The van der Waals surface area contributed by atoms with Gasteiger partial charge >= 0.3 is 0 Å². The highest BCUT2D eigenvalue weighted by Crippen LogP contribution is 2.27. The van der Waals surface area contributed by atoms with E-state index < -0.39 is 0 Å². The van der Waals surface area contributed by atoms with Crippen molar-refractivity contribution in [2.24, 2.45) is 0 Å². The fraction of sp³-hybridized carbons (Fsp3) is 0.571. The molecular formula is C14H21ClN2. The van der Waals surface area contributed by atoms with E-state index in [1.807, 2.05) is 18.2 Å². The summed E-state index contributed by atoms with van der Waals surface area (Å²) in [5.41, 5.74) is 7.92. The summed E-state index contributed by atoms with van der Waals surface area (Å²) in [4.78, 5) is 2.53. The average molecular weight is 253 g/mol. The third-order valence-corrected chi connectivity index (χ3v) is 4.09. The van der Waals surface area contributed by atoms with Crippen LogP contribution in [0, 0.1) is 0 Å². The summed E-state index contributed by atoms with van der Waals surface area (Å²) in [5.74, 6) is 0. The molecule has 1 aromatic carbocycles. The molecular weight excluding hydrogens is 232 g/mol. The van der Waals surface area contributed by atoms with Crippen molar-refractivity contribution in [2.45, 2.75) is 45.2 Å². The molecule has 2 N–H and O–H groups in total. The van der Waals surface area contributed by atoms with Crippen LogP contribution in [0.1, 0.15) is 38.2 Å². The van der Waals surface area contributed by atoms with E-state index >= 15 is 0 Å². The lowest BCUT2D eigenvalue weighted by atomic mass is 9.99. The summed E-state index contributed by atoms with van der Waals surface area (Å²) < 4.78 is 0. The summed E-state index contributed by atoms with van der Waals surface area (Å²) in [6, 6.07) is 6.47. The van der Waals surface area contributed by atoms with Gasteiger partial charge in [0.25, 0.3) is 0 Å². The number of nitrogens with two attached hydrogens (primary N) is 1. The zero-order valence-electron chi connectivity index (χ0n) is 10.5. The van der Waals surface area contributed by atoms with Crippen molar-refractivity contribution in [3.8, 4) is 0 Å². The molecule has 0 amide bonds. The molecule has 1 saturated heterocycles. The topological polar surface area (TPSA) is 29.3 Å². The average Bonchev–Trinajstić information content (AvgIpc) is 2.34. The number of hydrogen-bond acceptors (Lipinski definition) is 2. The molecule has 0 radical (unpaired) electrons. The number of anilines is 1. The largest absolute Gasteiger partial charge is 0.398 e. The van der Waals surface area contributed by atoms with Gasteiger partial charge in [0, 0.05) is 28.9 Å². The highest BCUT2D eigenvalue weighted by molar-refractivity contribution is 6.31. The lowest BCUT2D eigenvalue weighted by molar-refractivity contribution is 0.136. The van der Waals surface area contributed by atoms with Crippen LogP contribution in [0.3, 0.4) is 0 Å². The maximum Gasteiger partial charge on any atom is 0.0471 e. The summed E-state index contributed by atoms with van der Waals surface area (Å²) >= 11 is 6.23. The molecule has 1 fully saturated rings. The first kappa shape index (κ1) is 12.7. The standard InChI is InChI=1S/C14H21ClN2/c1-2-11-6-3-4-9-17(11)10-12-13(15)7-5-8-14(12)16/h5,7-8,11H,2-4,6,9-10,16H2,1H3. The number of benzene rings is 1. The molecule has 1 aliphatic heterocycles. The summed E-state index contributed by atoms with van der Waals surface area (Å²) in [5, 5.41) is 0.797. The van der Waals surface area contributed by atoms with Gasteiger partial charge in [0.1, 0.15) is 0 Å². The van der Waals surface area contributed by atoms with E-state index in [0.29, 0.717) is 6.04 Å². The van der Waals surface area contributed by atoms with Crippen LogP contribution in [0.5, 0.6) is 0 Å². The molecule has 3 heteroatoms. The van der Waals surface area contributed by atoms with Crippen molar-refractivity contribution in [1.29, 1.82) is 0 Å². The van der Waals surface area contributed by atoms with Crippen LogP contribution in [0.25, 0.3) is 0 Å². The van der Waals surface area contributed by atoms with Crippen molar-refractivity contribution in [1.82, 2.24) is 4.90 Å². The highest BCUT2D eigenvalue weighted by Gasteiger charge is 2.22. The molecule has 0 aliphatic carbocycles. The molecule has 2 nitrogen and oxygen atoms in total. The Bertz CT molecular complexity index is 358. The van der Waals surface area contributed by atoms with Gasteiger partial charge in [-0.05, 0) is 37.9 Å². The molecule has 1 atom stereocenters. The second-order valence-electron chi connectivity index (χ2n) is 4.84. The number of rotatable bonds is 3. The van der Waals surface area contributed by atoms with Crippen molar-refractivity contribution >= 4 is 17.3 Å². The Morgan fingerprint density at radius 2 is 2.24 bits per heavy atom. The second kappa shape index (κ2) is 5.74. The van der Waals surface area contributed by atoms with Crippen LogP contribution in [-0.4, -0.2) is 17.5 Å². The normalized spacial score (nSPS) is 21.6. The summed E-state index contributed by atoms with van der Waals surface area (Å²) in [6.07, 6.45) is 5.17. The molecule has 1 heterocycles. The predicted octanol–water partition coefficient (Wildman–Crippen LogP) is 3.69. The minimum atomic E-state index is 0.694. The van der Waals surface area contributed by atoms with Crippen LogP contribution in [-0.2, 0) is 6.54 Å². The van der Waals surface area contributed by atoms with Crippen LogP contribution < -0.4 is 5.73 Å². The Morgan fingerprint density at radius 3 is 2.94 bits per heavy atom. The third kappa shape index (κ3) is 2.93. The Balaban J connectivity index is 2.13. The van der Waals surface area contributed by atoms with Gasteiger partial charge in [-0.2, -0.15) is 0 Å². The van der Waals surface area contributed by atoms with Gasteiger partial charge in [-0.25, -0.2) is 0 Å².